The summed E-state index contributed by atoms with van der Waals surface area (Å²) in [6, 6.07) is 12.5. The molecule has 0 bridgehead atoms. The van der Waals surface area contributed by atoms with Crippen LogP contribution in [0.25, 0.3) is 0 Å². The van der Waals surface area contributed by atoms with Gasteiger partial charge in [0.2, 0.25) is 11.6 Å². The molecule has 0 heterocycles. The molecule has 0 saturated heterocycles. The molecule has 0 aliphatic rings. The molecular weight excluding hydrogens is 324 g/mol. The number of carbonyl (C=O) groups excluding carboxylic acids is 2. The van der Waals surface area contributed by atoms with Crippen molar-refractivity contribution in [1.29, 1.82) is 0 Å². The molecule has 6 N–H and O–H groups in total. The number of nitrogens with two attached hydrogens (primary N) is 2. The van der Waals surface area contributed by atoms with E-state index >= 15 is 0 Å². The molecule has 0 fully saturated rings. The van der Waals surface area contributed by atoms with Crippen molar-refractivity contribution in [3.05, 3.63) is 59.7 Å². The summed E-state index contributed by atoms with van der Waals surface area (Å²) in [5.41, 5.74) is 12.8. The van der Waals surface area contributed by atoms with Crippen LogP contribution in [0.4, 0.5) is 11.4 Å². The third-order valence-corrected chi connectivity index (χ3v) is 2.55. The Morgan fingerprint density at radius 3 is 1.13 bits per heavy atom. The highest BCUT2D eigenvalue weighted by atomic mass is 32.3. The predicted molar refractivity (Wildman–Crippen MR) is 84.5 cm³/mol. The maximum atomic E-state index is 11.9. The van der Waals surface area contributed by atoms with Crippen LogP contribution in [0.15, 0.2) is 48.5 Å². The van der Waals surface area contributed by atoms with Crippen molar-refractivity contribution in [2.75, 3.05) is 11.5 Å². The summed E-state index contributed by atoms with van der Waals surface area (Å²) in [5.74, 6) is -1.11. The van der Waals surface area contributed by atoms with Gasteiger partial charge in [0.15, 0.2) is 0 Å². The average Bonchev–Trinajstić information content (AvgIpc) is 2.46. The van der Waals surface area contributed by atoms with E-state index in [4.69, 9.17) is 29.0 Å². The molecule has 8 nitrogen and oxygen atoms in total. The zero-order valence-electron chi connectivity index (χ0n) is 11.7. The molecule has 0 unspecified atom stereocenters. The molecule has 23 heavy (non-hydrogen) atoms. The molecule has 122 valence electrons. The highest BCUT2D eigenvalue weighted by Gasteiger charge is 2.17. The summed E-state index contributed by atoms with van der Waals surface area (Å²) in [7, 11) is -4.67. The molecule has 2 aromatic carbocycles. The van der Waals surface area contributed by atoms with E-state index in [1.54, 1.807) is 24.3 Å². The van der Waals surface area contributed by atoms with Crippen LogP contribution in [0.3, 0.4) is 0 Å². The number of hydrogen-bond donors (Lipinski definition) is 4. The predicted octanol–water partition coefficient (Wildman–Crippen LogP) is 1.26. The topological polar surface area (TPSA) is 161 Å². The van der Waals surface area contributed by atoms with E-state index in [1.165, 1.54) is 24.3 Å². The van der Waals surface area contributed by atoms with Gasteiger partial charge in [-0.1, -0.05) is 0 Å². The molecule has 0 saturated carbocycles. The lowest BCUT2D eigenvalue weighted by atomic mass is 10.0. The van der Waals surface area contributed by atoms with E-state index in [0.29, 0.717) is 22.5 Å². The Morgan fingerprint density at radius 1 is 0.696 bits per heavy atom. The van der Waals surface area contributed by atoms with Crippen LogP contribution in [0.1, 0.15) is 20.7 Å². The zero-order valence-corrected chi connectivity index (χ0v) is 12.5. The van der Waals surface area contributed by atoms with Crippen LogP contribution >= 0.6 is 0 Å². The number of anilines is 2. The number of hydrogen-bond acceptors (Lipinski definition) is 6. The summed E-state index contributed by atoms with van der Waals surface area (Å²) in [6.45, 7) is 0. The van der Waals surface area contributed by atoms with E-state index in [0.717, 1.165) is 0 Å². The van der Waals surface area contributed by atoms with Gasteiger partial charge in [-0.15, -0.1) is 0 Å². The van der Waals surface area contributed by atoms with Gasteiger partial charge in [-0.2, -0.15) is 8.42 Å². The molecule has 2 aromatic rings. The fraction of sp³-hybridized carbons (Fsp3) is 0. The summed E-state index contributed by atoms with van der Waals surface area (Å²) in [6.07, 6.45) is 0. The third kappa shape index (κ3) is 6.70. The second-order valence-electron chi connectivity index (χ2n) is 4.35. The monoisotopic (exact) mass is 338 g/mol. The minimum Gasteiger partial charge on any atom is -0.399 e. The van der Waals surface area contributed by atoms with E-state index in [9.17, 15) is 9.59 Å². The molecular formula is C14H14N2O6S. The van der Waals surface area contributed by atoms with Gasteiger partial charge in [0.1, 0.15) is 0 Å². The Labute approximate surface area is 132 Å². The summed E-state index contributed by atoms with van der Waals surface area (Å²) >= 11 is 0. The first-order chi connectivity index (χ1) is 10.6. The maximum Gasteiger partial charge on any atom is 0.394 e. The van der Waals surface area contributed by atoms with Crippen molar-refractivity contribution in [3.8, 4) is 0 Å². The first-order valence-corrected chi connectivity index (χ1v) is 7.47. The summed E-state index contributed by atoms with van der Waals surface area (Å²) in [4.78, 5) is 23.8. The SMILES string of the molecule is Nc1ccc(C(=O)C(=O)c2ccc(N)cc2)cc1.O=S(=O)(O)O. The van der Waals surface area contributed by atoms with Crippen molar-refractivity contribution >= 4 is 33.3 Å². The Hall–Kier alpha value is -2.75. The molecule has 0 aliphatic carbocycles. The lowest BCUT2D eigenvalue weighted by molar-refractivity contribution is 0.0817. The molecule has 0 atom stereocenters. The van der Waals surface area contributed by atoms with Gasteiger partial charge in [0.25, 0.3) is 0 Å². The van der Waals surface area contributed by atoms with Gasteiger partial charge in [-0.05, 0) is 48.5 Å². The van der Waals surface area contributed by atoms with Gasteiger partial charge in [0.05, 0.1) is 0 Å². The Morgan fingerprint density at radius 2 is 0.913 bits per heavy atom. The number of carbonyl (C=O) groups is 2. The first kappa shape index (κ1) is 18.3. The minimum absolute atomic E-state index is 0.325. The second-order valence-corrected chi connectivity index (χ2v) is 5.25. The van der Waals surface area contributed by atoms with Crippen molar-refractivity contribution in [2.24, 2.45) is 0 Å². The number of Topliss-reactive ketones (excluding diaryl/α,β-unsaturated/α-hetero) is 2. The van der Waals surface area contributed by atoms with Gasteiger partial charge < -0.3 is 11.5 Å². The van der Waals surface area contributed by atoms with Crippen molar-refractivity contribution in [3.63, 3.8) is 0 Å². The molecule has 2 rings (SSSR count). The Bertz CT molecular complexity index is 735. The molecule has 0 amide bonds. The van der Waals surface area contributed by atoms with Gasteiger partial charge in [-0.3, -0.25) is 18.7 Å². The van der Waals surface area contributed by atoms with Crippen LogP contribution in [0, 0.1) is 0 Å². The lowest BCUT2D eigenvalue weighted by Gasteiger charge is -2.02. The van der Waals surface area contributed by atoms with E-state index < -0.39 is 22.0 Å². The van der Waals surface area contributed by atoms with Crippen LogP contribution in [0.5, 0.6) is 0 Å². The van der Waals surface area contributed by atoms with Gasteiger partial charge in [-0.25, -0.2) is 0 Å². The molecule has 0 spiro atoms. The minimum atomic E-state index is -4.67. The quantitative estimate of drug-likeness (QED) is 0.281. The Kier molecular flexibility index (Phi) is 5.96. The fourth-order valence-electron chi connectivity index (χ4n) is 1.53. The normalized spacial score (nSPS) is 10.3. The molecule has 9 heteroatoms. The standard InChI is InChI=1S/C14H12N2O2.H2O4S/c15-11-5-1-9(2-6-11)13(17)14(18)10-3-7-12(16)8-4-10;1-5(2,3)4/h1-8H,15-16H2;(H2,1,2,3,4). The Balaban J connectivity index is 0.000000463. The largest absolute Gasteiger partial charge is 0.399 e. The first-order valence-electron chi connectivity index (χ1n) is 6.08. The zero-order chi connectivity index (χ0) is 17.6. The smallest absolute Gasteiger partial charge is 0.394 e. The fourth-order valence-corrected chi connectivity index (χ4v) is 1.53. The van der Waals surface area contributed by atoms with Crippen LogP contribution in [-0.4, -0.2) is 29.1 Å². The van der Waals surface area contributed by atoms with Crippen molar-refractivity contribution in [1.82, 2.24) is 0 Å². The number of benzene rings is 2. The molecule has 0 radical (unpaired) electrons. The third-order valence-electron chi connectivity index (χ3n) is 2.55. The van der Waals surface area contributed by atoms with Crippen LogP contribution in [0.2, 0.25) is 0 Å². The molecule has 0 aliphatic heterocycles. The number of ketones is 2. The lowest BCUT2D eigenvalue weighted by Crippen LogP contribution is -2.14. The van der Waals surface area contributed by atoms with Crippen LogP contribution < -0.4 is 11.5 Å². The maximum absolute atomic E-state index is 11.9. The average molecular weight is 338 g/mol. The van der Waals surface area contributed by atoms with E-state index in [2.05, 4.69) is 0 Å². The molecule has 0 aromatic heterocycles. The summed E-state index contributed by atoms with van der Waals surface area (Å²) < 4.78 is 31.6. The van der Waals surface area contributed by atoms with E-state index in [1.807, 2.05) is 0 Å². The highest BCUT2D eigenvalue weighted by Crippen LogP contribution is 2.12. The second kappa shape index (κ2) is 7.49. The van der Waals surface area contributed by atoms with E-state index in [-0.39, 0.29) is 0 Å². The van der Waals surface area contributed by atoms with Gasteiger partial charge >= 0.3 is 10.4 Å². The number of rotatable bonds is 3. The highest BCUT2D eigenvalue weighted by molar-refractivity contribution is 7.79. The van der Waals surface area contributed by atoms with Crippen molar-refractivity contribution in [2.45, 2.75) is 0 Å². The summed E-state index contributed by atoms with van der Waals surface area (Å²) in [5, 5.41) is 0. The number of nitrogen functional groups attached to an aromatic ring is 2. The van der Waals surface area contributed by atoms with Crippen molar-refractivity contribution < 1.29 is 27.1 Å². The van der Waals surface area contributed by atoms with Gasteiger partial charge in [0, 0.05) is 22.5 Å². The van der Waals surface area contributed by atoms with Crippen LogP contribution in [-0.2, 0) is 10.4 Å².